The zero-order valence-electron chi connectivity index (χ0n) is 16.3. The summed E-state index contributed by atoms with van der Waals surface area (Å²) in [5.41, 5.74) is 3.02. The van der Waals surface area contributed by atoms with Crippen LogP contribution in [0.5, 0.6) is 0 Å². The van der Waals surface area contributed by atoms with Crippen LogP contribution in [-0.4, -0.2) is 59.2 Å². The van der Waals surface area contributed by atoms with E-state index in [1.165, 1.54) is 7.11 Å². The molecule has 1 fully saturated rings. The van der Waals surface area contributed by atoms with E-state index in [4.69, 9.17) is 5.11 Å². The van der Waals surface area contributed by atoms with Gasteiger partial charge in [-0.1, -0.05) is 0 Å². The van der Waals surface area contributed by atoms with Gasteiger partial charge in [-0.3, -0.25) is 9.78 Å². The monoisotopic (exact) mass is 373 g/mol. The number of pyridine rings is 2. The first-order chi connectivity index (χ1) is 13.0. The Hall–Kier alpha value is -2.80. The Morgan fingerprint density at radius 3 is 1.93 bits per heavy atom. The molecule has 3 heterocycles. The molecule has 2 aromatic rings. The number of ether oxygens (including phenoxy) is 1. The molecule has 0 saturated carbocycles. The number of carbonyl (C=O) groups is 2. The van der Waals surface area contributed by atoms with E-state index in [2.05, 4.69) is 14.7 Å². The van der Waals surface area contributed by atoms with Gasteiger partial charge in [0, 0.05) is 32.6 Å². The van der Waals surface area contributed by atoms with Gasteiger partial charge in [0.15, 0.2) is 0 Å². The fourth-order valence-corrected chi connectivity index (χ4v) is 2.49. The largest absolute Gasteiger partial charge is 0.464 e. The molecule has 1 amide bonds. The molecule has 27 heavy (non-hydrogen) atoms. The predicted molar refractivity (Wildman–Crippen MR) is 103 cm³/mol. The van der Waals surface area contributed by atoms with Gasteiger partial charge < -0.3 is 14.7 Å². The molecule has 7 nitrogen and oxygen atoms in total. The van der Waals surface area contributed by atoms with Gasteiger partial charge >= 0.3 is 5.97 Å². The van der Waals surface area contributed by atoms with Gasteiger partial charge in [0.1, 0.15) is 11.4 Å². The molecular weight excluding hydrogens is 346 g/mol. The van der Waals surface area contributed by atoms with Crippen molar-refractivity contribution in [1.82, 2.24) is 14.9 Å². The van der Waals surface area contributed by atoms with Crippen molar-refractivity contribution in [3.05, 3.63) is 59.2 Å². The van der Waals surface area contributed by atoms with Crippen LogP contribution in [0.1, 0.15) is 44.9 Å². The zero-order valence-corrected chi connectivity index (χ0v) is 16.3. The lowest BCUT2D eigenvalue weighted by molar-refractivity contribution is 0.0593. The van der Waals surface area contributed by atoms with Crippen LogP contribution in [0.2, 0.25) is 0 Å². The number of carbonyl (C=O) groups excluding carboxylic acids is 2. The van der Waals surface area contributed by atoms with E-state index in [0.29, 0.717) is 11.4 Å². The molecule has 1 saturated heterocycles. The van der Waals surface area contributed by atoms with Crippen LogP contribution in [0.4, 0.5) is 0 Å². The van der Waals surface area contributed by atoms with Gasteiger partial charge in [0.25, 0.3) is 5.91 Å². The molecule has 146 valence electrons. The molecule has 0 spiro atoms. The minimum Gasteiger partial charge on any atom is -0.464 e. The third-order valence-corrected chi connectivity index (χ3v) is 3.84. The maximum atomic E-state index is 11.9. The molecule has 0 aromatic carbocycles. The lowest BCUT2D eigenvalue weighted by atomic mass is 10.2. The number of aliphatic hydroxyl groups excluding tert-OH is 1. The smallest absolute Gasteiger partial charge is 0.356 e. The molecule has 0 aliphatic carbocycles. The second kappa shape index (κ2) is 11.7. The predicted octanol–water partition coefficient (Wildman–Crippen LogP) is 2.41. The number of aliphatic hydroxyl groups is 1. The molecule has 1 aliphatic heterocycles. The highest BCUT2D eigenvalue weighted by atomic mass is 16.5. The van der Waals surface area contributed by atoms with Crippen LogP contribution in [0.15, 0.2) is 36.7 Å². The lowest BCUT2D eigenvalue weighted by Crippen LogP contribution is -2.28. The van der Waals surface area contributed by atoms with E-state index in [9.17, 15) is 9.59 Å². The van der Waals surface area contributed by atoms with Gasteiger partial charge in [-0.25, -0.2) is 9.78 Å². The number of methoxy groups -OCH3 is 1. The van der Waals surface area contributed by atoms with Crippen molar-refractivity contribution in [2.75, 3.05) is 27.3 Å². The Morgan fingerprint density at radius 1 is 0.963 bits per heavy atom. The Bertz CT molecular complexity index is 744. The summed E-state index contributed by atoms with van der Waals surface area (Å²) in [6.45, 7) is 5.64. The molecule has 7 heteroatoms. The Labute approximate surface area is 160 Å². The number of esters is 1. The molecule has 2 aromatic heterocycles. The first-order valence-corrected chi connectivity index (χ1v) is 8.69. The number of rotatable bonds is 2. The average molecular weight is 373 g/mol. The van der Waals surface area contributed by atoms with Crippen LogP contribution in [-0.2, 0) is 4.74 Å². The van der Waals surface area contributed by atoms with Crippen molar-refractivity contribution in [1.29, 1.82) is 0 Å². The maximum absolute atomic E-state index is 11.9. The fourth-order valence-electron chi connectivity index (χ4n) is 2.49. The third-order valence-electron chi connectivity index (χ3n) is 3.84. The summed E-state index contributed by atoms with van der Waals surface area (Å²) in [5, 5.41) is 7.00. The van der Waals surface area contributed by atoms with E-state index in [0.717, 1.165) is 44.2 Å². The minimum absolute atomic E-state index is 0.0752. The third kappa shape index (κ3) is 7.15. The normalized spacial score (nSPS) is 12.3. The van der Waals surface area contributed by atoms with Crippen LogP contribution < -0.4 is 0 Å². The summed E-state index contributed by atoms with van der Waals surface area (Å²) in [6, 6.07) is 7.26. The van der Waals surface area contributed by atoms with E-state index >= 15 is 0 Å². The Balaban J connectivity index is 0.000000254. The zero-order chi connectivity index (χ0) is 20.2. The summed E-state index contributed by atoms with van der Waals surface area (Å²) < 4.78 is 4.49. The molecule has 0 bridgehead atoms. The lowest BCUT2D eigenvalue weighted by Gasteiger charge is -2.14. The van der Waals surface area contributed by atoms with Crippen LogP contribution in [0, 0.1) is 13.8 Å². The number of hydrogen-bond donors (Lipinski definition) is 1. The first kappa shape index (κ1) is 22.2. The van der Waals surface area contributed by atoms with Crippen molar-refractivity contribution in [2.45, 2.75) is 26.7 Å². The summed E-state index contributed by atoms with van der Waals surface area (Å²) in [5.74, 6) is -0.320. The molecule has 0 unspecified atom stereocenters. The number of nitrogens with zero attached hydrogens (tertiary/aromatic N) is 3. The SMILES string of the molecule is CO.COC(=O)c1cc(C)ccn1.Cc1ccnc(C(=O)N2CCCC2)c1. The number of aryl methyl sites for hydroxylation is 2. The van der Waals surface area contributed by atoms with Gasteiger partial charge in [-0.15, -0.1) is 0 Å². The molecular formula is C20H27N3O4. The second-order valence-electron chi connectivity index (χ2n) is 5.93. The highest BCUT2D eigenvalue weighted by Crippen LogP contribution is 2.11. The van der Waals surface area contributed by atoms with Crippen molar-refractivity contribution in [3.63, 3.8) is 0 Å². The fraction of sp³-hybridized carbons (Fsp3) is 0.400. The molecule has 0 atom stereocenters. The van der Waals surface area contributed by atoms with Crippen molar-refractivity contribution in [2.24, 2.45) is 0 Å². The number of amides is 1. The van der Waals surface area contributed by atoms with Gasteiger partial charge in [0.2, 0.25) is 0 Å². The van der Waals surface area contributed by atoms with Crippen LogP contribution in [0.3, 0.4) is 0 Å². The van der Waals surface area contributed by atoms with Crippen LogP contribution in [0.25, 0.3) is 0 Å². The van der Waals surface area contributed by atoms with Gasteiger partial charge in [-0.05, 0) is 62.1 Å². The molecule has 3 rings (SSSR count). The molecule has 1 aliphatic rings. The van der Waals surface area contributed by atoms with E-state index in [1.807, 2.05) is 36.9 Å². The number of aromatic nitrogens is 2. The summed E-state index contributed by atoms with van der Waals surface area (Å²) in [4.78, 5) is 32.5. The summed E-state index contributed by atoms with van der Waals surface area (Å²) in [7, 11) is 2.34. The van der Waals surface area contributed by atoms with Crippen molar-refractivity contribution in [3.8, 4) is 0 Å². The molecule has 1 N–H and O–H groups in total. The highest BCUT2D eigenvalue weighted by molar-refractivity contribution is 5.92. The average Bonchev–Trinajstić information content (AvgIpc) is 3.23. The van der Waals surface area contributed by atoms with E-state index < -0.39 is 5.97 Å². The standard InChI is InChI=1S/C11H14N2O.C8H9NO2.CH4O/c1-9-4-5-12-10(8-9)11(14)13-6-2-3-7-13;1-6-3-4-9-7(5-6)8(10)11-2;1-2/h4-5,8H,2-3,6-7H2,1H3;3-5H,1-2H3;2H,1H3. The summed E-state index contributed by atoms with van der Waals surface area (Å²) >= 11 is 0. The number of hydrogen-bond acceptors (Lipinski definition) is 6. The minimum atomic E-state index is -0.395. The maximum Gasteiger partial charge on any atom is 0.356 e. The van der Waals surface area contributed by atoms with E-state index in [1.54, 1.807) is 18.5 Å². The topological polar surface area (TPSA) is 92.6 Å². The second-order valence-corrected chi connectivity index (χ2v) is 5.93. The van der Waals surface area contributed by atoms with Crippen molar-refractivity contribution < 1.29 is 19.4 Å². The van der Waals surface area contributed by atoms with Crippen LogP contribution >= 0.6 is 0 Å². The number of likely N-dealkylation sites (tertiary alicyclic amines) is 1. The first-order valence-electron chi connectivity index (χ1n) is 8.69. The van der Waals surface area contributed by atoms with Gasteiger partial charge in [-0.2, -0.15) is 0 Å². The Kier molecular flexibility index (Phi) is 9.68. The highest BCUT2D eigenvalue weighted by Gasteiger charge is 2.20. The summed E-state index contributed by atoms with van der Waals surface area (Å²) in [6.07, 6.45) is 5.52. The molecule has 0 radical (unpaired) electrons. The Morgan fingerprint density at radius 2 is 1.44 bits per heavy atom. The van der Waals surface area contributed by atoms with Crippen molar-refractivity contribution >= 4 is 11.9 Å². The quantitative estimate of drug-likeness (QED) is 0.813. The van der Waals surface area contributed by atoms with E-state index in [-0.39, 0.29) is 5.91 Å². The van der Waals surface area contributed by atoms with Gasteiger partial charge in [0.05, 0.1) is 7.11 Å².